The van der Waals surface area contributed by atoms with Gasteiger partial charge in [0.1, 0.15) is 6.04 Å². The second-order valence-corrected chi connectivity index (χ2v) is 11.6. The average molecular weight is 650 g/mol. The summed E-state index contributed by atoms with van der Waals surface area (Å²) in [5.74, 6) is -0.820. The molecule has 0 aliphatic carbocycles. The van der Waals surface area contributed by atoms with Gasteiger partial charge in [0.05, 0.1) is 11.9 Å². The zero-order valence-corrected chi connectivity index (χ0v) is 25.3. The molecule has 42 heavy (non-hydrogen) atoms. The Bertz CT molecular complexity index is 1470. The monoisotopic (exact) mass is 648 g/mol. The molecule has 1 aliphatic rings. The van der Waals surface area contributed by atoms with Crippen molar-refractivity contribution in [3.8, 4) is 11.1 Å². The molecule has 13 heteroatoms. The van der Waals surface area contributed by atoms with Gasteiger partial charge in [0, 0.05) is 48.7 Å². The highest BCUT2D eigenvalue weighted by Gasteiger charge is 2.48. The third-order valence-corrected chi connectivity index (χ3v) is 7.27. The number of carbonyl (C=O) groups excluding carboxylic acids is 2. The number of anilines is 1. The lowest BCUT2D eigenvalue weighted by atomic mass is 9.97. The molecule has 1 aliphatic heterocycles. The summed E-state index contributed by atoms with van der Waals surface area (Å²) in [5, 5.41) is 6.94. The number of piperazine rings is 1. The van der Waals surface area contributed by atoms with Crippen LogP contribution < -0.4 is 10.2 Å². The van der Waals surface area contributed by atoms with E-state index in [9.17, 15) is 22.8 Å². The molecule has 1 aromatic carbocycles. The third kappa shape index (κ3) is 7.18. The van der Waals surface area contributed by atoms with Crippen molar-refractivity contribution in [3.05, 3.63) is 71.7 Å². The predicted octanol–water partition coefficient (Wildman–Crippen LogP) is 5.20. The number of aryl methyl sites for hydroxylation is 1. The SMILES string of the molecule is Cc1cc(-c2ccncc2N2CCN(C(=O)C=CCBr)C(C(F)(F)F)C2)ccc1CNC(=O)c1noc(C(C)(C)C)n1. The van der Waals surface area contributed by atoms with E-state index in [1.54, 1.807) is 23.4 Å². The maximum Gasteiger partial charge on any atom is 0.410 e. The molecule has 9 nitrogen and oxygen atoms in total. The number of amides is 2. The van der Waals surface area contributed by atoms with Crippen LogP contribution in [0.15, 0.2) is 53.3 Å². The van der Waals surface area contributed by atoms with E-state index in [0.717, 1.165) is 27.7 Å². The van der Waals surface area contributed by atoms with Gasteiger partial charge in [0.25, 0.3) is 11.7 Å². The number of halogens is 4. The fraction of sp³-hybridized carbons (Fsp3) is 0.414. The first-order valence-corrected chi connectivity index (χ1v) is 14.4. The Morgan fingerprint density at radius 3 is 2.60 bits per heavy atom. The minimum atomic E-state index is -4.60. The Kier molecular flexibility index (Phi) is 9.39. The number of carbonyl (C=O) groups is 2. The quantitative estimate of drug-likeness (QED) is 0.277. The van der Waals surface area contributed by atoms with E-state index in [2.05, 4.69) is 36.4 Å². The van der Waals surface area contributed by atoms with Crippen LogP contribution in [-0.4, -0.2) is 69.0 Å². The molecule has 1 atom stereocenters. The predicted molar refractivity (Wildman–Crippen MR) is 155 cm³/mol. The van der Waals surface area contributed by atoms with Crippen LogP contribution in [0.4, 0.5) is 18.9 Å². The summed E-state index contributed by atoms with van der Waals surface area (Å²) in [6, 6.07) is 5.42. The van der Waals surface area contributed by atoms with Crippen molar-refractivity contribution in [3.63, 3.8) is 0 Å². The van der Waals surface area contributed by atoms with Gasteiger partial charge in [0.15, 0.2) is 0 Å². The van der Waals surface area contributed by atoms with Crippen molar-refractivity contribution >= 4 is 33.4 Å². The van der Waals surface area contributed by atoms with Gasteiger partial charge in [-0.1, -0.05) is 66.1 Å². The van der Waals surface area contributed by atoms with E-state index in [-0.39, 0.29) is 30.9 Å². The first-order chi connectivity index (χ1) is 19.8. The number of hydrogen-bond acceptors (Lipinski definition) is 7. The molecule has 224 valence electrons. The Labute approximate surface area is 250 Å². The van der Waals surface area contributed by atoms with E-state index < -0.39 is 30.6 Å². The molecule has 0 bridgehead atoms. The first-order valence-electron chi connectivity index (χ1n) is 13.3. The van der Waals surface area contributed by atoms with Crippen LogP contribution in [0.25, 0.3) is 11.1 Å². The van der Waals surface area contributed by atoms with Crippen LogP contribution in [0.3, 0.4) is 0 Å². The maximum absolute atomic E-state index is 14.1. The van der Waals surface area contributed by atoms with Crippen LogP contribution >= 0.6 is 15.9 Å². The molecule has 1 fully saturated rings. The van der Waals surface area contributed by atoms with Crippen LogP contribution in [-0.2, 0) is 16.8 Å². The fourth-order valence-corrected chi connectivity index (χ4v) is 4.79. The minimum absolute atomic E-state index is 0.0475. The smallest absolute Gasteiger partial charge is 0.366 e. The highest BCUT2D eigenvalue weighted by atomic mass is 79.9. The summed E-state index contributed by atoms with van der Waals surface area (Å²) in [4.78, 5) is 35.9. The lowest BCUT2D eigenvalue weighted by Crippen LogP contribution is -2.60. The molecule has 3 aromatic rings. The molecular weight excluding hydrogens is 617 g/mol. The standard InChI is InChI=1S/C29H32BrF3N6O3/c1-18-14-19(7-8-20(18)15-35-26(41)25-36-27(42-37-25)28(2,3)4)21-9-11-34-16-22(21)38-12-13-39(24(40)6-5-10-30)23(17-38)29(31,32)33/h5-9,11,14,16,23H,10,12-13,15,17H2,1-4H3,(H,35,41). The zero-order valence-electron chi connectivity index (χ0n) is 23.7. The largest absolute Gasteiger partial charge is 0.410 e. The average Bonchev–Trinajstić information content (AvgIpc) is 3.46. The summed E-state index contributed by atoms with van der Waals surface area (Å²) in [7, 11) is 0. The molecule has 1 N–H and O–H groups in total. The molecule has 1 saturated heterocycles. The summed E-state index contributed by atoms with van der Waals surface area (Å²) in [6.07, 6.45) is 1.18. The van der Waals surface area contributed by atoms with Crippen molar-refractivity contribution in [1.29, 1.82) is 0 Å². The van der Waals surface area contributed by atoms with Crippen molar-refractivity contribution in [1.82, 2.24) is 25.3 Å². The van der Waals surface area contributed by atoms with Gasteiger partial charge in [-0.15, -0.1) is 0 Å². The van der Waals surface area contributed by atoms with Crippen LogP contribution in [0.2, 0.25) is 0 Å². The summed E-state index contributed by atoms with van der Waals surface area (Å²) >= 11 is 3.15. The summed E-state index contributed by atoms with van der Waals surface area (Å²) in [5.41, 5.74) is 3.39. The fourth-order valence-electron chi connectivity index (χ4n) is 4.61. The molecule has 4 rings (SSSR count). The number of nitrogens with zero attached hydrogens (tertiary/aromatic N) is 5. The number of allylic oxidation sites excluding steroid dienone is 1. The second-order valence-electron chi connectivity index (χ2n) is 11.0. The van der Waals surface area contributed by atoms with Crippen molar-refractivity contribution < 1.29 is 27.3 Å². The molecule has 2 aromatic heterocycles. The lowest BCUT2D eigenvalue weighted by Gasteiger charge is -2.43. The Morgan fingerprint density at radius 2 is 1.95 bits per heavy atom. The third-order valence-electron chi connectivity index (χ3n) is 6.90. The van der Waals surface area contributed by atoms with E-state index in [1.165, 1.54) is 6.08 Å². The lowest BCUT2D eigenvalue weighted by molar-refractivity contribution is -0.188. The van der Waals surface area contributed by atoms with Gasteiger partial charge in [-0.05, 0) is 35.8 Å². The van der Waals surface area contributed by atoms with Crippen LogP contribution in [0.5, 0.6) is 0 Å². The second kappa shape index (κ2) is 12.6. The van der Waals surface area contributed by atoms with Crippen LogP contribution in [0.1, 0.15) is 48.4 Å². The van der Waals surface area contributed by atoms with Crippen molar-refractivity contribution in [2.75, 3.05) is 29.9 Å². The van der Waals surface area contributed by atoms with Crippen LogP contribution in [0, 0.1) is 6.92 Å². The highest BCUT2D eigenvalue weighted by Crippen LogP contribution is 2.35. The molecular formula is C29H32BrF3N6O3. The van der Waals surface area contributed by atoms with E-state index in [1.807, 2.05) is 45.9 Å². The Hall–Kier alpha value is -3.74. The van der Waals surface area contributed by atoms with E-state index in [0.29, 0.717) is 22.5 Å². The number of nitrogens with one attached hydrogen (secondary N) is 1. The molecule has 0 radical (unpaired) electrons. The molecule has 2 amide bonds. The summed E-state index contributed by atoms with van der Waals surface area (Å²) < 4.78 is 47.4. The zero-order chi connectivity index (χ0) is 30.7. The number of rotatable bonds is 7. The number of hydrogen-bond donors (Lipinski definition) is 1. The summed E-state index contributed by atoms with van der Waals surface area (Å²) in [6.45, 7) is 7.55. The topological polar surface area (TPSA) is 104 Å². The van der Waals surface area contributed by atoms with Gasteiger partial charge < -0.3 is 19.6 Å². The number of aromatic nitrogens is 3. The van der Waals surface area contributed by atoms with Gasteiger partial charge >= 0.3 is 6.18 Å². The van der Waals surface area contributed by atoms with Gasteiger partial charge in [0.2, 0.25) is 11.8 Å². The van der Waals surface area contributed by atoms with Crippen molar-refractivity contribution in [2.45, 2.75) is 51.9 Å². The Morgan fingerprint density at radius 1 is 1.19 bits per heavy atom. The van der Waals surface area contributed by atoms with E-state index >= 15 is 0 Å². The molecule has 0 spiro atoms. The highest BCUT2D eigenvalue weighted by molar-refractivity contribution is 9.09. The molecule has 0 saturated carbocycles. The van der Waals surface area contributed by atoms with Gasteiger partial charge in [-0.25, -0.2) is 0 Å². The minimum Gasteiger partial charge on any atom is -0.366 e. The Balaban J connectivity index is 1.51. The number of pyridine rings is 1. The van der Waals surface area contributed by atoms with Gasteiger partial charge in [-0.3, -0.25) is 14.6 Å². The maximum atomic E-state index is 14.1. The van der Waals surface area contributed by atoms with E-state index in [4.69, 9.17) is 4.52 Å². The normalized spacial score (nSPS) is 16.2. The number of benzene rings is 1. The van der Waals surface area contributed by atoms with Crippen molar-refractivity contribution in [2.24, 2.45) is 0 Å². The number of alkyl halides is 4. The van der Waals surface area contributed by atoms with Gasteiger partial charge in [-0.2, -0.15) is 18.2 Å². The first kappa shape index (κ1) is 31.2. The molecule has 3 heterocycles. The molecule has 1 unspecified atom stereocenters.